The molecule has 0 bridgehead atoms. The number of allylic oxidation sites excluding steroid dienone is 1. The van der Waals surface area contributed by atoms with Crippen molar-refractivity contribution in [2.24, 2.45) is 0 Å². The molecule has 2 aromatic carbocycles. The third-order valence-corrected chi connectivity index (χ3v) is 3.84. The van der Waals surface area contributed by atoms with E-state index in [1.807, 2.05) is 48.5 Å². The van der Waals surface area contributed by atoms with Crippen LogP contribution in [0.4, 0.5) is 5.69 Å². The topological polar surface area (TPSA) is 62.0 Å². The molecule has 0 radical (unpaired) electrons. The highest BCUT2D eigenvalue weighted by Gasteiger charge is 2.24. The number of rotatable bonds is 2. The van der Waals surface area contributed by atoms with E-state index in [1.54, 1.807) is 6.20 Å². The van der Waals surface area contributed by atoms with Gasteiger partial charge in [-0.05, 0) is 18.2 Å². The number of nitrogens with one attached hydrogen (secondary N) is 2. The predicted octanol–water partition coefficient (Wildman–Crippen LogP) is 3.39. The number of H-pyrrole nitrogens is 1. The van der Waals surface area contributed by atoms with Gasteiger partial charge in [0.05, 0.1) is 5.57 Å². The van der Waals surface area contributed by atoms with Crippen molar-refractivity contribution < 1.29 is 9.59 Å². The van der Waals surface area contributed by atoms with Gasteiger partial charge in [-0.1, -0.05) is 36.4 Å². The summed E-state index contributed by atoms with van der Waals surface area (Å²) in [5.74, 6) is -0.423. The number of para-hydroxylation sites is 2. The van der Waals surface area contributed by atoms with Gasteiger partial charge in [-0.25, -0.2) is 0 Å². The summed E-state index contributed by atoms with van der Waals surface area (Å²) in [7, 11) is 0. The minimum atomic E-state index is -0.241. The minimum absolute atomic E-state index is 0.181. The SMILES string of the molecule is O=C1Nc2ccccc2/C1=C\C(=O)c1c[nH]c2ccccc12. The highest BCUT2D eigenvalue weighted by atomic mass is 16.2. The van der Waals surface area contributed by atoms with Crippen LogP contribution in [0.2, 0.25) is 0 Å². The molecule has 106 valence electrons. The van der Waals surface area contributed by atoms with E-state index in [4.69, 9.17) is 0 Å². The quantitative estimate of drug-likeness (QED) is 0.561. The van der Waals surface area contributed by atoms with E-state index < -0.39 is 0 Å². The number of hydrogen-bond acceptors (Lipinski definition) is 2. The van der Waals surface area contributed by atoms with E-state index in [2.05, 4.69) is 10.3 Å². The standard InChI is InChI=1S/C18H12N2O2/c21-17(14-10-19-15-7-3-1-6-12(14)15)9-13-11-5-2-4-8-16(11)20-18(13)22/h1-10,19H,(H,20,22)/b13-9+. The van der Waals surface area contributed by atoms with Gasteiger partial charge in [0.1, 0.15) is 0 Å². The molecule has 1 aliphatic heterocycles. The number of benzene rings is 2. The zero-order valence-electron chi connectivity index (χ0n) is 11.6. The molecule has 0 saturated heterocycles. The lowest BCUT2D eigenvalue weighted by atomic mass is 10.0. The second-order valence-electron chi connectivity index (χ2n) is 5.17. The normalized spacial score (nSPS) is 15.1. The van der Waals surface area contributed by atoms with Gasteiger partial charge in [0.2, 0.25) is 0 Å². The molecule has 0 atom stereocenters. The van der Waals surface area contributed by atoms with Crippen molar-refractivity contribution in [1.29, 1.82) is 0 Å². The fourth-order valence-electron chi connectivity index (χ4n) is 2.77. The molecule has 22 heavy (non-hydrogen) atoms. The Kier molecular flexibility index (Phi) is 2.69. The third-order valence-electron chi connectivity index (χ3n) is 3.84. The summed E-state index contributed by atoms with van der Waals surface area (Å²) in [5, 5.41) is 3.63. The lowest BCUT2D eigenvalue weighted by Crippen LogP contribution is -2.05. The maximum absolute atomic E-state index is 12.6. The first-order valence-corrected chi connectivity index (χ1v) is 6.97. The fraction of sp³-hybridized carbons (Fsp3) is 0. The number of carbonyl (C=O) groups excluding carboxylic acids is 2. The molecule has 0 fully saturated rings. The number of amides is 1. The molecule has 4 heteroatoms. The first-order valence-electron chi connectivity index (χ1n) is 6.97. The Bertz CT molecular complexity index is 950. The summed E-state index contributed by atoms with van der Waals surface area (Å²) >= 11 is 0. The Hall–Kier alpha value is -3.14. The molecule has 2 N–H and O–H groups in total. The van der Waals surface area contributed by atoms with Gasteiger partial charge in [0.25, 0.3) is 5.91 Å². The number of hydrogen-bond donors (Lipinski definition) is 2. The van der Waals surface area contributed by atoms with Crippen LogP contribution in [0.3, 0.4) is 0 Å². The van der Waals surface area contributed by atoms with Crippen LogP contribution in [0.15, 0.2) is 60.8 Å². The highest BCUT2D eigenvalue weighted by Crippen LogP contribution is 2.31. The molecular weight excluding hydrogens is 276 g/mol. The van der Waals surface area contributed by atoms with Crippen molar-refractivity contribution in [3.05, 3.63) is 71.9 Å². The Morgan fingerprint density at radius 2 is 1.77 bits per heavy atom. The van der Waals surface area contributed by atoms with Crippen molar-refractivity contribution in [3.63, 3.8) is 0 Å². The van der Waals surface area contributed by atoms with Crippen LogP contribution < -0.4 is 5.32 Å². The largest absolute Gasteiger partial charge is 0.360 e. The van der Waals surface area contributed by atoms with Crippen molar-refractivity contribution in [1.82, 2.24) is 4.98 Å². The summed E-state index contributed by atoms with van der Waals surface area (Å²) in [4.78, 5) is 27.7. The number of anilines is 1. The van der Waals surface area contributed by atoms with Crippen LogP contribution in [0.5, 0.6) is 0 Å². The van der Waals surface area contributed by atoms with E-state index in [-0.39, 0.29) is 11.7 Å². The second kappa shape index (κ2) is 4.70. The third kappa shape index (κ3) is 1.85. The predicted molar refractivity (Wildman–Crippen MR) is 85.7 cm³/mol. The minimum Gasteiger partial charge on any atom is -0.360 e. The van der Waals surface area contributed by atoms with Crippen LogP contribution in [0.1, 0.15) is 15.9 Å². The van der Waals surface area contributed by atoms with E-state index in [0.717, 1.165) is 22.2 Å². The molecule has 2 heterocycles. The summed E-state index contributed by atoms with van der Waals surface area (Å²) in [5.41, 5.74) is 3.39. The van der Waals surface area contributed by atoms with Gasteiger partial charge in [-0.3, -0.25) is 9.59 Å². The van der Waals surface area contributed by atoms with Gasteiger partial charge in [-0.2, -0.15) is 0 Å². The molecule has 4 rings (SSSR count). The molecule has 0 unspecified atom stereocenters. The lowest BCUT2D eigenvalue weighted by molar-refractivity contribution is -0.110. The van der Waals surface area contributed by atoms with E-state index >= 15 is 0 Å². The van der Waals surface area contributed by atoms with Crippen LogP contribution in [0, 0.1) is 0 Å². The molecule has 4 nitrogen and oxygen atoms in total. The summed E-state index contributed by atoms with van der Waals surface area (Å²) in [6.45, 7) is 0. The Labute approximate surface area is 126 Å². The van der Waals surface area contributed by atoms with Crippen molar-refractivity contribution in [2.75, 3.05) is 5.32 Å². The lowest BCUT2D eigenvalue weighted by Gasteiger charge is -1.97. The first-order chi connectivity index (χ1) is 10.7. The number of carbonyl (C=O) groups is 2. The maximum Gasteiger partial charge on any atom is 0.256 e. The number of ketones is 1. The highest BCUT2D eigenvalue weighted by molar-refractivity contribution is 6.35. The van der Waals surface area contributed by atoms with Crippen LogP contribution in [-0.2, 0) is 4.79 Å². The summed E-state index contributed by atoms with van der Waals surface area (Å²) in [6.07, 6.45) is 3.10. The molecular formula is C18H12N2O2. The Morgan fingerprint density at radius 1 is 1.00 bits per heavy atom. The van der Waals surface area contributed by atoms with Crippen LogP contribution >= 0.6 is 0 Å². The van der Waals surface area contributed by atoms with Gasteiger partial charge in [-0.15, -0.1) is 0 Å². The van der Waals surface area contributed by atoms with Gasteiger partial charge >= 0.3 is 0 Å². The van der Waals surface area contributed by atoms with Gasteiger partial charge in [0.15, 0.2) is 5.78 Å². The number of aromatic amines is 1. The smallest absolute Gasteiger partial charge is 0.256 e. The van der Waals surface area contributed by atoms with Crippen molar-refractivity contribution >= 4 is 33.9 Å². The molecule has 0 saturated carbocycles. The van der Waals surface area contributed by atoms with Gasteiger partial charge in [0, 0.05) is 33.9 Å². The zero-order valence-corrected chi connectivity index (χ0v) is 11.6. The van der Waals surface area contributed by atoms with E-state index in [9.17, 15) is 9.59 Å². The number of fused-ring (bicyclic) bond motifs is 2. The molecule has 0 spiro atoms. The molecule has 0 aliphatic carbocycles. The second-order valence-corrected chi connectivity index (χ2v) is 5.17. The monoisotopic (exact) mass is 288 g/mol. The number of aromatic nitrogens is 1. The molecule has 1 aromatic heterocycles. The average molecular weight is 288 g/mol. The Balaban J connectivity index is 1.80. The fourth-order valence-corrected chi connectivity index (χ4v) is 2.77. The molecule has 3 aromatic rings. The van der Waals surface area contributed by atoms with Crippen LogP contribution in [-0.4, -0.2) is 16.7 Å². The van der Waals surface area contributed by atoms with Crippen molar-refractivity contribution in [2.45, 2.75) is 0 Å². The van der Waals surface area contributed by atoms with E-state index in [0.29, 0.717) is 11.1 Å². The summed E-state index contributed by atoms with van der Waals surface area (Å²) in [6, 6.07) is 15.0. The van der Waals surface area contributed by atoms with Crippen LogP contribution in [0.25, 0.3) is 16.5 Å². The summed E-state index contributed by atoms with van der Waals surface area (Å²) < 4.78 is 0. The van der Waals surface area contributed by atoms with E-state index in [1.165, 1.54) is 6.08 Å². The maximum atomic E-state index is 12.6. The average Bonchev–Trinajstić information content (AvgIpc) is 3.09. The zero-order chi connectivity index (χ0) is 15.1. The van der Waals surface area contributed by atoms with Gasteiger partial charge < -0.3 is 10.3 Å². The Morgan fingerprint density at radius 3 is 2.68 bits per heavy atom. The molecule has 1 aliphatic rings. The first kappa shape index (κ1) is 12.6. The molecule has 1 amide bonds. The van der Waals surface area contributed by atoms with Crippen molar-refractivity contribution in [3.8, 4) is 0 Å².